The normalized spacial score (nSPS) is 10.4. The van der Waals surface area contributed by atoms with Crippen LogP contribution in [0.1, 0.15) is 25.3 Å². The Balaban J connectivity index is 2.38. The number of hydrogen-bond acceptors (Lipinski definition) is 4. The minimum Gasteiger partial charge on any atom is -0.316 e. The first-order valence-corrected chi connectivity index (χ1v) is 5.93. The maximum absolute atomic E-state index is 4.28. The fraction of sp³-hybridized carbons (Fsp3) is 0.600. The second-order valence-electron chi connectivity index (χ2n) is 3.11. The molecule has 3 nitrogen and oxygen atoms in total. The van der Waals surface area contributed by atoms with E-state index in [1.807, 2.05) is 19.4 Å². The van der Waals surface area contributed by atoms with Crippen molar-refractivity contribution in [2.24, 2.45) is 0 Å². The third-order valence-corrected chi connectivity index (χ3v) is 2.75. The van der Waals surface area contributed by atoms with Crippen LogP contribution >= 0.6 is 11.8 Å². The zero-order valence-corrected chi connectivity index (χ0v) is 9.60. The van der Waals surface area contributed by atoms with Crippen molar-refractivity contribution in [2.75, 3.05) is 12.8 Å². The van der Waals surface area contributed by atoms with Crippen LogP contribution in [0.3, 0.4) is 0 Å². The van der Waals surface area contributed by atoms with E-state index in [-0.39, 0.29) is 0 Å². The van der Waals surface area contributed by atoms with Crippen molar-refractivity contribution in [2.45, 2.75) is 31.5 Å². The monoisotopic (exact) mass is 211 g/mol. The highest BCUT2D eigenvalue weighted by molar-refractivity contribution is 7.99. The van der Waals surface area contributed by atoms with Crippen LogP contribution in [0.2, 0.25) is 0 Å². The molecule has 0 saturated heterocycles. The van der Waals surface area contributed by atoms with Crippen LogP contribution in [0.5, 0.6) is 0 Å². The summed E-state index contributed by atoms with van der Waals surface area (Å²) in [5.41, 5.74) is 1.13. The Kier molecular flexibility index (Phi) is 5.56. The van der Waals surface area contributed by atoms with Gasteiger partial charge in [-0.1, -0.05) is 25.1 Å². The molecule has 1 heterocycles. The van der Waals surface area contributed by atoms with E-state index in [4.69, 9.17) is 0 Å². The highest BCUT2D eigenvalue weighted by Gasteiger charge is 1.97. The van der Waals surface area contributed by atoms with Gasteiger partial charge in [-0.25, -0.2) is 9.97 Å². The summed E-state index contributed by atoms with van der Waals surface area (Å²) in [5, 5.41) is 3.96. The molecule has 1 N–H and O–H groups in total. The van der Waals surface area contributed by atoms with Crippen LogP contribution in [0.4, 0.5) is 0 Å². The fourth-order valence-corrected chi connectivity index (χ4v) is 1.89. The molecular formula is C10H17N3S. The van der Waals surface area contributed by atoms with Crippen LogP contribution < -0.4 is 5.32 Å². The summed E-state index contributed by atoms with van der Waals surface area (Å²) in [5.74, 6) is 1.11. The van der Waals surface area contributed by atoms with Gasteiger partial charge in [0.1, 0.15) is 0 Å². The molecule has 0 unspecified atom stereocenters. The average Bonchev–Trinajstić information content (AvgIpc) is 2.21. The van der Waals surface area contributed by atoms with E-state index < -0.39 is 0 Å². The first-order chi connectivity index (χ1) is 6.86. The Morgan fingerprint density at radius 1 is 1.36 bits per heavy atom. The van der Waals surface area contributed by atoms with Crippen molar-refractivity contribution in [3.63, 3.8) is 0 Å². The first kappa shape index (κ1) is 11.5. The molecule has 0 aliphatic heterocycles. The molecule has 0 aromatic carbocycles. The molecule has 0 atom stereocenters. The molecule has 14 heavy (non-hydrogen) atoms. The Morgan fingerprint density at radius 3 is 2.64 bits per heavy atom. The van der Waals surface area contributed by atoms with E-state index in [9.17, 15) is 0 Å². The molecule has 0 radical (unpaired) electrons. The summed E-state index contributed by atoms with van der Waals surface area (Å²) in [6.07, 6.45) is 6.23. The molecule has 4 heteroatoms. The van der Waals surface area contributed by atoms with Gasteiger partial charge in [0.25, 0.3) is 0 Å². The van der Waals surface area contributed by atoms with Crippen LogP contribution in [-0.2, 0) is 6.54 Å². The molecule has 78 valence electrons. The van der Waals surface area contributed by atoms with Crippen molar-refractivity contribution in [3.05, 3.63) is 18.0 Å². The van der Waals surface area contributed by atoms with Gasteiger partial charge in [-0.3, -0.25) is 0 Å². The van der Waals surface area contributed by atoms with Crippen molar-refractivity contribution < 1.29 is 0 Å². The zero-order chi connectivity index (χ0) is 10.2. The third-order valence-electron chi connectivity index (χ3n) is 1.79. The highest BCUT2D eigenvalue weighted by atomic mass is 32.2. The predicted molar refractivity (Wildman–Crippen MR) is 60.4 cm³/mol. The topological polar surface area (TPSA) is 37.8 Å². The van der Waals surface area contributed by atoms with E-state index >= 15 is 0 Å². The minimum atomic E-state index is 0.833. The van der Waals surface area contributed by atoms with Gasteiger partial charge in [0.05, 0.1) is 0 Å². The summed E-state index contributed by atoms with van der Waals surface area (Å²) < 4.78 is 0. The van der Waals surface area contributed by atoms with Crippen LogP contribution in [0, 0.1) is 0 Å². The lowest BCUT2D eigenvalue weighted by Crippen LogP contribution is -2.05. The maximum Gasteiger partial charge on any atom is 0.187 e. The molecule has 0 aliphatic rings. The quantitative estimate of drug-likeness (QED) is 0.444. The van der Waals surface area contributed by atoms with Gasteiger partial charge in [-0.15, -0.1) is 0 Å². The SMILES string of the molecule is CCCCSc1ncc(CNC)cn1. The summed E-state index contributed by atoms with van der Waals surface area (Å²) >= 11 is 1.73. The van der Waals surface area contributed by atoms with E-state index in [1.165, 1.54) is 12.8 Å². The number of thioether (sulfide) groups is 1. The second kappa shape index (κ2) is 6.79. The van der Waals surface area contributed by atoms with Gasteiger partial charge < -0.3 is 5.32 Å². The smallest absolute Gasteiger partial charge is 0.187 e. The van der Waals surface area contributed by atoms with Crippen molar-refractivity contribution in [1.29, 1.82) is 0 Å². The summed E-state index contributed by atoms with van der Waals surface area (Å²) in [6, 6.07) is 0. The van der Waals surface area contributed by atoms with Gasteiger partial charge in [-0.05, 0) is 13.5 Å². The molecule has 0 fully saturated rings. The molecular weight excluding hydrogens is 194 g/mol. The Labute approximate surface area is 89.7 Å². The lowest BCUT2D eigenvalue weighted by molar-refractivity contribution is 0.793. The van der Waals surface area contributed by atoms with Crippen LogP contribution in [0.25, 0.3) is 0 Å². The highest BCUT2D eigenvalue weighted by Crippen LogP contribution is 2.13. The van der Waals surface area contributed by atoms with E-state index in [2.05, 4.69) is 22.2 Å². The molecule has 1 aromatic heterocycles. The number of hydrogen-bond donors (Lipinski definition) is 1. The van der Waals surface area contributed by atoms with E-state index in [1.54, 1.807) is 11.8 Å². The molecule has 0 spiro atoms. The summed E-state index contributed by atoms with van der Waals surface area (Å²) in [7, 11) is 1.92. The van der Waals surface area contributed by atoms with E-state index in [0.29, 0.717) is 0 Å². The Bertz CT molecular complexity index is 248. The van der Waals surface area contributed by atoms with Crippen molar-refractivity contribution in [3.8, 4) is 0 Å². The fourth-order valence-electron chi connectivity index (χ4n) is 1.02. The molecule has 0 amide bonds. The zero-order valence-electron chi connectivity index (χ0n) is 8.79. The third kappa shape index (κ3) is 4.07. The molecule has 0 aliphatic carbocycles. The number of unbranched alkanes of at least 4 members (excludes halogenated alkanes) is 1. The molecule has 0 saturated carbocycles. The van der Waals surface area contributed by atoms with Gasteiger partial charge in [0, 0.05) is 30.3 Å². The van der Waals surface area contributed by atoms with Gasteiger partial charge >= 0.3 is 0 Å². The number of rotatable bonds is 6. The number of aromatic nitrogens is 2. The van der Waals surface area contributed by atoms with Crippen molar-refractivity contribution >= 4 is 11.8 Å². The van der Waals surface area contributed by atoms with Gasteiger partial charge in [0.2, 0.25) is 0 Å². The summed E-state index contributed by atoms with van der Waals surface area (Å²) in [6.45, 7) is 3.03. The Morgan fingerprint density at radius 2 is 2.07 bits per heavy atom. The molecule has 1 aromatic rings. The summed E-state index contributed by atoms with van der Waals surface area (Å²) in [4.78, 5) is 8.56. The molecule has 0 bridgehead atoms. The van der Waals surface area contributed by atoms with Crippen LogP contribution in [-0.4, -0.2) is 22.8 Å². The largest absolute Gasteiger partial charge is 0.316 e. The minimum absolute atomic E-state index is 0.833. The first-order valence-electron chi connectivity index (χ1n) is 4.95. The Hall–Kier alpha value is -0.610. The predicted octanol–water partition coefficient (Wildman–Crippen LogP) is 2.09. The van der Waals surface area contributed by atoms with Crippen LogP contribution in [0.15, 0.2) is 17.6 Å². The number of nitrogens with one attached hydrogen (secondary N) is 1. The van der Waals surface area contributed by atoms with Gasteiger partial charge in [0.15, 0.2) is 5.16 Å². The maximum atomic E-state index is 4.28. The number of nitrogens with zero attached hydrogens (tertiary/aromatic N) is 2. The standard InChI is InChI=1S/C10H17N3S/c1-3-4-5-14-10-12-7-9(6-11-2)8-13-10/h7-8,11H,3-6H2,1-2H3. The van der Waals surface area contributed by atoms with Crippen molar-refractivity contribution in [1.82, 2.24) is 15.3 Å². The second-order valence-corrected chi connectivity index (χ2v) is 4.17. The van der Waals surface area contributed by atoms with E-state index in [0.717, 1.165) is 23.0 Å². The lowest BCUT2D eigenvalue weighted by Gasteiger charge is -2.01. The lowest BCUT2D eigenvalue weighted by atomic mass is 10.3. The molecule has 1 rings (SSSR count). The van der Waals surface area contributed by atoms with Gasteiger partial charge in [-0.2, -0.15) is 0 Å². The average molecular weight is 211 g/mol.